The number of rotatable bonds is 4. The molecule has 0 N–H and O–H groups in total. The van der Waals surface area contributed by atoms with Gasteiger partial charge in [-0.15, -0.1) is 0 Å². The van der Waals surface area contributed by atoms with Crippen LogP contribution in [-0.4, -0.2) is 25.2 Å². The summed E-state index contributed by atoms with van der Waals surface area (Å²) >= 11 is 0. The molecule has 1 aromatic heterocycles. The van der Waals surface area contributed by atoms with Crippen LogP contribution in [0.5, 0.6) is 17.5 Å². The van der Waals surface area contributed by atoms with E-state index in [0.717, 1.165) is 0 Å². The molecule has 19 heavy (non-hydrogen) atoms. The molecule has 0 amide bonds. The third-order valence-corrected chi connectivity index (χ3v) is 2.40. The van der Waals surface area contributed by atoms with Crippen molar-refractivity contribution in [3.63, 3.8) is 0 Å². The molecule has 98 valence electrons. The van der Waals surface area contributed by atoms with E-state index in [2.05, 4.69) is 9.72 Å². The van der Waals surface area contributed by atoms with E-state index in [-0.39, 0.29) is 5.97 Å². The number of carbonyl (C=O) groups is 1. The SMILES string of the molecule is COC(=O)c1ccc(Oc2cccc(OC)n2)cc1. The Labute approximate surface area is 110 Å². The molecule has 0 bridgehead atoms. The van der Waals surface area contributed by atoms with Gasteiger partial charge in [0.2, 0.25) is 11.8 Å². The monoisotopic (exact) mass is 259 g/mol. The predicted octanol–water partition coefficient (Wildman–Crippen LogP) is 2.67. The predicted molar refractivity (Wildman–Crippen MR) is 68.6 cm³/mol. The summed E-state index contributed by atoms with van der Waals surface area (Å²) in [6, 6.07) is 11.8. The second-order valence-electron chi connectivity index (χ2n) is 3.64. The van der Waals surface area contributed by atoms with E-state index < -0.39 is 0 Å². The molecule has 0 atom stereocenters. The lowest BCUT2D eigenvalue weighted by Gasteiger charge is -2.06. The lowest BCUT2D eigenvalue weighted by molar-refractivity contribution is 0.0600. The fraction of sp³-hybridized carbons (Fsp3) is 0.143. The van der Waals surface area contributed by atoms with Crippen molar-refractivity contribution in [2.45, 2.75) is 0 Å². The summed E-state index contributed by atoms with van der Waals surface area (Å²) in [5, 5.41) is 0. The van der Waals surface area contributed by atoms with Gasteiger partial charge >= 0.3 is 5.97 Å². The number of hydrogen-bond acceptors (Lipinski definition) is 5. The average Bonchev–Trinajstić information content (AvgIpc) is 2.47. The zero-order valence-electron chi connectivity index (χ0n) is 10.6. The first kappa shape index (κ1) is 12.9. The van der Waals surface area contributed by atoms with E-state index in [4.69, 9.17) is 9.47 Å². The molecule has 5 heteroatoms. The van der Waals surface area contributed by atoms with E-state index in [1.807, 2.05) is 0 Å². The first-order valence-electron chi connectivity index (χ1n) is 5.60. The Bertz CT molecular complexity index is 566. The van der Waals surface area contributed by atoms with Crippen LogP contribution < -0.4 is 9.47 Å². The number of carbonyl (C=O) groups excluding carboxylic acids is 1. The molecule has 0 aliphatic rings. The summed E-state index contributed by atoms with van der Waals surface area (Å²) in [7, 11) is 2.88. The van der Waals surface area contributed by atoms with E-state index in [1.165, 1.54) is 14.2 Å². The Morgan fingerprint density at radius 1 is 1.00 bits per heavy atom. The molecule has 2 rings (SSSR count). The summed E-state index contributed by atoms with van der Waals surface area (Å²) in [6.45, 7) is 0. The molecule has 0 saturated carbocycles. The highest BCUT2D eigenvalue weighted by molar-refractivity contribution is 5.89. The van der Waals surface area contributed by atoms with Crippen molar-refractivity contribution >= 4 is 5.97 Å². The topological polar surface area (TPSA) is 57.7 Å². The van der Waals surface area contributed by atoms with Crippen molar-refractivity contribution in [1.29, 1.82) is 0 Å². The van der Waals surface area contributed by atoms with E-state index >= 15 is 0 Å². The molecule has 0 spiro atoms. The van der Waals surface area contributed by atoms with Gasteiger partial charge in [-0.3, -0.25) is 0 Å². The standard InChI is InChI=1S/C14H13NO4/c1-17-12-4-3-5-13(15-12)19-11-8-6-10(7-9-11)14(16)18-2/h3-9H,1-2H3. The number of esters is 1. The van der Waals surface area contributed by atoms with E-state index in [9.17, 15) is 4.79 Å². The van der Waals surface area contributed by atoms with Gasteiger partial charge in [-0.25, -0.2) is 4.79 Å². The summed E-state index contributed by atoms with van der Waals surface area (Å²) in [4.78, 5) is 15.4. The summed E-state index contributed by atoms with van der Waals surface area (Å²) in [6.07, 6.45) is 0. The van der Waals surface area contributed by atoms with Crippen molar-refractivity contribution in [3.8, 4) is 17.5 Å². The third kappa shape index (κ3) is 3.22. The van der Waals surface area contributed by atoms with Crippen molar-refractivity contribution < 1.29 is 19.0 Å². The van der Waals surface area contributed by atoms with Crippen LogP contribution in [0, 0.1) is 0 Å². The van der Waals surface area contributed by atoms with Gasteiger partial charge in [0.05, 0.1) is 19.8 Å². The molecule has 1 heterocycles. The average molecular weight is 259 g/mol. The molecule has 0 aliphatic carbocycles. The van der Waals surface area contributed by atoms with Crippen LogP contribution in [0.25, 0.3) is 0 Å². The quantitative estimate of drug-likeness (QED) is 0.790. The molecule has 0 radical (unpaired) electrons. The van der Waals surface area contributed by atoms with Gasteiger partial charge in [0.15, 0.2) is 0 Å². The number of aromatic nitrogens is 1. The maximum absolute atomic E-state index is 11.3. The Kier molecular flexibility index (Phi) is 3.97. The van der Waals surface area contributed by atoms with Crippen molar-refractivity contribution in [1.82, 2.24) is 4.98 Å². The van der Waals surface area contributed by atoms with Crippen LogP contribution in [-0.2, 0) is 4.74 Å². The molecule has 1 aromatic carbocycles. The van der Waals surface area contributed by atoms with Crippen LogP contribution in [0.2, 0.25) is 0 Å². The van der Waals surface area contributed by atoms with Gasteiger partial charge in [0, 0.05) is 12.1 Å². The van der Waals surface area contributed by atoms with Gasteiger partial charge in [-0.1, -0.05) is 6.07 Å². The molecule has 0 saturated heterocycles. The van der Waals surface area contributed by atoms with Crippen molar-refractivity contribution in [2.75, 3.05) is 14.2 Å². The third-order valence-electron chi connectivity index (χ3n) is 2.40. The Morgan fingerprint density at radius 2 is 1.68 bits per heavy atom. The van der Waals surface area contributed by atoms with Crippen molar-refractivity contribution in [3.05, 3.63) is 48.0 Å². The minimum atomic E-state index is -0.383. The van der Waals surface area contributed by atoms with Crippen LogP contribution in [0.1, 0.15) is 10.4 Å². The fourth-order valence-electron chi connectivity index (χ4n) is 1.46. The van der Waals surface area contributed by atoms with E-state index in [1.54, 1.807) is 42.5 Å². The molecule has 2 aromatic rings. The highest BCUT2D eigenvalue weighted by atomic mass is 16.5. The maximum Gasteiger partial charge on any atom is 0.337 e. The largest absolute Gasteiger partial charge is 0.481 e. The normalized spacial score (nSPS) is 9.79. The molecule has 0 aliphatic heterocycles. The maximum atomic E-state index is 11.3. The highest BCUT2D eigenvalue weighted by Gasteiger charge is 2.05. The highest BCUT2D eigenvalue weighted by Crippen LogP contribution is 2.21. The molecule has 5 nitrogen and oxygen atoms in total. The van der Waals surface area contributed by atoms with Crippen LogP contribution >= 0.6 is 0 Å². The fourth-order valence-corrected chi connectivity index (χ4v) is 1.46. The summed E-state index contributed by atoms with van der Waals surface area (Å²) < 4.78 is 15.2. The van der Waals surface area contributed by atoms with E-state index in [0.29, 0.717) is 23.1 Å². The zero-order chi connectivity index (χ0) is 13.7. The van der Waals surface area contributed by atoms with Crippen molar-refractivity contribution in [2.24, 2.45) is 0 Å². The smallest absolute Gasteiger partial charge is 0.337 e. The van der Waals surface area contributed by atoms with Gasteiger partial charge < -0.3 is 14.2 Å². The minimum absolute atomic E-state index is 0.383. The Morgan fingerprint density at radius 3 is 2.32 bits per heavy atom. The molecule has 0 fully saturated rings. The van der Waals surface area contributed by atoms with Crippen LogP contribution in [0.3, 0.4) is 0 Å². The number of methoxy groups -OCH3 is 2. The first-order valence-corrected chi connectivity index (χ1v) is 5.60. The van der Waals surface area contributed by atoms with Gasteiger partial charge in [0.25, 0.3) is 0 Å². The lowest BCUT2D eigenvalue weighted by Crippen LogP contribution is -2.00. The summed E-state index contributed by atoms with van der Waals surface area (Å²) in [5.74, 6) is 1.09. The number of pyridine rings is 1. The second kappa shape index (κ2) is 5.86. The number of hydrogen-bond donors (Lipinski definition) is 0. The lowest BCUT2D eigenvalue weighted by atomic mass is 10.2. The van der Waals surface area contributed by atoms with Gasteiger partial charge in [-0.05, 0) is 24.3 Å². The summed E-state index contributed by atoms with van der Waals surface area (Å²) in [5.41, 5.74) is 0.466. The van der Waals surface area contributed by atoms with Gasteiger partial charge in [-0.2, -0.15) is 4.98 Å². The Hall–Kier alpha value is -2.56. The molecular formula is C14H13NO4. The number of ether oxygens (including phenoxy) is 3. The number of nitrogens with zero attached hydrogens (tertiary/aromatic N) is 1. The first-order chi connectivity index (χ1) is 9.22. The van der Waals surface area contributed by atoms with Crippen LogP contribution in [0.15, 0.2) is 42.5 Å². The zero-order valence-corrected chi connectivity index (χ0v) is 10.6. The van der Waals surface area contributed by atoms with Crippen LogP contribution in [0.4, 0.5) is 0 Å². The second-order valence-corrected chi connectivity index (χ2v) is 3.64. The minimum Gasteiger partial charge on any atom is -0.481 e. The Balaban J connectivity index is 2.12. The molecular weight excluding hydrogens is 246 g/mol. The number of benzene rings is 1. The van der Waals surface area contributed by atoms with Gasteiger partial charge in [0.1, 0.15) is 5.75 Å². The molecule has 0 unspecified atom stereocenters.